The van der Waals surface area contributed by atoms with Crippen molar-refractivity contribution in [2.75, 3.05) is 26.7 Å². The first kappa shape index (κ1) is 14.1. The first-order valence-corrected chi connectivity index (χ1v) is 6.90. The van der Waals surface area contributed by atoms with Crippen molar-refractivity contribution >= 4 is 6.08 Å². The van der Waals surface area contributed by atoms with Crippen LogP contribution in [0.15, 0.2) is 30.3 Å². The van der Waals surface area contributed by atoms with E-state index in [9.17, 15) is 5.11 Å². The van der Waals surface area contributed by atoms with Gasteiger partial charge in [0.2, 0.25) is 0 Å². The van der Waals surface area contributed by atoms with Crippen molar-refractivity contribution in [2.45, 2.75) is 19.4 Å². The van der Waals surface area contributed by atoms with Gasteiger partial charge in [0, 0.05) is 18.7 Å². The summed E-state index contributed by atoms with van der Waals surface area (Å²) in [5, 5.41) is 9.58. The average molecular weight is 261 g/mol. The molecule has 0 amide bonds. The second-order valence-corrected chi connectivity index (χ2v) is 5.19. The molecule has 1 aliphatic heterocycles. The van der Waals surface area contributed by atoms with E-state index in [1.54, 1.807) is 7.11 Å². The molecule has 104 valence electrons. The lowest BCUT2D eigenvalue weighted by Gasteiger charge is -2.15. The molecule has 1 aromatic carbocycles. The number of likely N-dealkylation sites (tertiary alicyclic amines) is 1. The molecule has 2 atom stereocenters. The number of aliphatic hydroxyl groups excluding tert-OH is 1. The number of hydrogen-bond donors (Lipinski definition) is 1. The smallest absolute Gasteiger partial charge is 0.126 e. The van der Waals surface area contributed by atoms with E-state index in [2.05, 4.69) is 23.1 Å². The zero-order valence-electron chi connectivity index (χ0n) is 11.7. The topological polar surface area (TPSA) is 32.7 Å². The van der Waals surface area contributed by atoms with Crippen LogP contribution in [0.1, 0.15) is 18.9 Å². The van der Waals surface area contributed by atoms with Gasteiger partial charge < -0.3 is 9.84 Å². The van der Waals surface area contributed by atoms with Crippen molar-refractivity contribution in [1.29, 1.82) is 0 Å². The largest absolute Gasteiger partial charge is 0.496 e. The second kappa shape index (κ2) is 6.73. The van der Waals surface area contributed by atoms with E-state index in [4.69, 9.17) is 4.74 Å². The standard InChI is InChI=1S/C16H23NO2/c1-13(18)15-9-11-17(12-15)10-5-7-14-6-3-4-8-16(14)19-2/h3-8,13,15,18H,9-12H2,1-2H3/b7-5+. The molecule has 0 bridgehead atoms. The van der Waals surface area contributed by atoms with Gasteiger partial charge in [-0.15, -0.1) is 0 Å². The van der Waals surface area contributed by atoms with Crippen LogP contribution >= 0.6 is 0 Å². The number of nitrogens with zero attached hydrogens (tertiary/aromatic N) is 1. The van der Waals surface area contributed by atoms with Crippen LogP contribution in [0.4, 0.5) is 0 Å². The minimum atomic E-state index is -0.191. The second-order valence-electron chi connectivity index (χ2n) is 5.19. The maximum Gasteiger partial charge on any atom is 0.126 e. The fourth-order valence-corrected chi connectivity index (χ4v) is 2.56. The molecule has 0 radical (unpaired) electrons. The minimum absolute atomic E-state index is 0.191. The summed E-state index contributed by atoms with van der Waals surface area (Å²) in [4.78, 5) is 2.38. The first-order valence-electron chi connectivity index (χ1n) is 6.90. The number of methoxy groups -OCH3 is 1. The number of rotatable bonds is 5. The number of hydrogen-bond acceptors (Lipinski definition) is 3. The Morgan fingerprint density at radius 1 is 1.47 bits per heavy atom. The van der Waals surface area contributed by atoms with E-state index in [1.807, 2.05) is 25.1 Å². The van der Waals surface area contributed by atoms with Gasteiger partial charge in [-0.05, 0) is 31.9 Å². The van der Waals surface area contributed by atoms with Crippen molar-refractivity contribution in [1.82, 2.24) is 4.90 Å². The Morgan fingerprint density at radius 2 is 2.26 bits per heavy atom. The molecule has 0 saturated carbocycles. The fourth-order valence-electron chi connectivity index (χ4n) is 2.56. The molecule has 2 unspecified atom stereocenters. The highest BCUT2D eigenvalue weighted by molar-refractivity contribution is 5.57. The molecule has 0 aromatic heterocycles. The van der Waals surface area contributed by atoms with Crippen LogP contribution in [-0.4, -0.2) is 42.9 Å². The molecule has 1 fully saturated rings. The lowest BCUT2D eigenvalue weighted by molar-refractivity contribution is 0.129. The molecule has 1 saturated heterocycles. The number of ether oxygens (including phenoxy) is 1. The maximum atomic E-state index is 9.58. The SMILES string of the molecule is COc1ccccc1/C=C/CN1CCC(C(C)O)C1. The van der Waals surface area contributed by atoms with Crippen LogP contribution in [0, 0.1) is 5.92 Å². The van der Waals surface area contributed by atoms with Gasteiger partial charge in [0.1, 0.15) is 5.75 Å². The van der Waals surface area contributed by atoms with Crippen LogP contribution in [-0.2, 0) is 0 Å². The van der Waals surface area contributed by atoms with Crippen LogP contribution in [0.2, 0.25) is 0 Å². The summed E-state index contributed by atoms with van der Waals surface area (Å²) < 4.78 is 5.32. The molecule has 3 nitrogen and oxygen atoms in total. The van der Waals surface area contributed by atoms with Crippen LogP contribution in [0.25, 0.3) is 6.08 Å². The molecule has 1 heterocycles. The van der Waals surface area contributed by atoms with E-state index in [0.29, 0.717) is 5.92 Å². The normalized spacial score (nSPS) is 21.9. The van der Waals surface area contributed by atoms with Gasteiger partial charge in [0.05, 0.1) is 13.2 Å². The van der Waals surface area contributed by atoms with Gasteiger partial charge in [-0.2, -0.15) is 0 Å². The molecule has 1 aromatic rings. The van der Waals surface area contributed by atoms with Gasteiger partial charge in [-0.25, -0.2) is 0 Å². The Kier molecular flexibility index (Phi) is 5.00. The summed E-state index contributed by atoms with van der Waals surface area (Å²) in [5.41, 5.74) is 1.11. The predicted octanol–water partition coefficient (Wildman–Crippen LogP) is 2.41. The van der Waals surface area contributed by atoms with Crippen molar-refractivity contribution in [3.05, 3.63) is 35.9 Å². The molecule has 2 rings (SSSR count). The third-order valence-corrected chi connectivity index (χ3v) is 3.79. The summed E-state index contributed by atoms with van der Waals surface area (Å²) in [6.07, 6.45) is 5.18. The van der Waals surface area contributed by atoms with Crippen molar-refractivity contribution < 1.29 is 9.84 Å². The van der Waals surface area contributed by atoms with Crippen molar-refractivity contribution in [3.8, 4) is 5.75 Å². The summed E-state index contributed by atoms with van der Waals surface area (Å²) >= 11 is 0. The van der Waals surface area contributed by atoms with Gasteiger partial charge in [-0.3, -0.25) is 4.90 Å². The number of aliphatic hydroxyl groups is 1. The van der Waals surface area contributed by atoms with E-state index in [1.165, 1.54) is 0 Å². The zero-order valence-corrected chi connectivity index (χ0v) is 11.7. The molecule has 1 aliphatic rings. The van der Waals surface area contributed by atoms with E-state index >= 15 is 0 Å². The van der Waals surface area contributed by atoms with Crippen LogP contribution < -0.4 is 4.74 Å². The van der Waals surface area contributed by atoms with Gasteiger partial charge in [0.15, 0.2) is 0 Å². The Hall–Kier alpha value is -1.32. The monoisotopic (exact) mass is 261 g/mol. The van der Waals surface area contributed by atoms with Crippen LogP contribution in [0.3, 0.4) is 0 Å². The zero-order chi connectivity index (χ0) is 13.7. The molecule has 3 heteroatoms. The van der Waals surface area contributed by atoms with Crippen molar-refractivity contribution in [2.24, 2.45) is 5.92 Å². The van der Waals surface area contributed by atoms with Gasteiger partial charge in [0.25, 0.3) is 0 Å². The summed E-state index contributed by atoms with van der Waals surface area (Å²) in [6, 6.07) is 8.02. The molecule has 1 N–H and O–H groups in total. The molecular formula is C16H23NO2. The van der Waals surface area contributed by atoms with Gasteiger partial charge in [-0.1, -0.05) is 30.4 Å². The quantitative estimate of drug-likeness (QED) is 0.883. The highest BCUT2D eigenvalue weighted by atomic mass is 16.5. The molecular weight excluding hydrogens is 238 g/mol. The fraction of sp³-hybridized carbons (Fsp3) is 0.500. The van der Waals surface area contributed by atoms with E-state index in [0.717, 1.165) is 37.4 Å². The van der Waals surface area contributed by atoms with E-state index in [-0.39, 0.29) is 6.10 Å². The third-order valence-electron chi connectivity index (χ3n) is 3.79. The third kappa shape index (κ3) is 3.82. The Morgan fingerprint density at radius 3 is 2.95 bits per heavy atom. The average Bonchev–Trinajstić information content (AvgIpc) is 2.88. The predicted molar refractivity (Wildman–Crippen MR) is 78.3 cm³/mol. The lowest BCUT2D eigenvalue weighted by Crippen LogP contribution is -2.24. The summed E-state index contributed by atoms with van der Waals surface area (Å²) in [7, 11) is 1.69. The van der Waals surface area contributed by atoms with Crippen molar-refractivity contribution in [3.63, 3.8) is 0 Å². The number of para-hydroxylation sites is 1. The highest BCUT2D eigenvalue weighted by Gasteiger charge is 2.24. The first-order chi connectivity index (χ1) is 9.20. The molecule has 0 aliphatic carbocycles. The Balaban J connectivity index is 1.87. The summed E-state index contributed by atoms with van der Waals surface area (Å²) in [5.74, 6) is 1.33. The summed E-state index contributed by atoms with van der Waals surface area (Å²) in [6.45, 7) is 4.89. The molecule has 0 spiro atoms. The van der Waals surface area contributed by atoms with Crippen LogP contribution in [0.5, 0.6) is 5.75 Å². The minimum Gasteiger partial charge on any atom is -0.496 e. The Bertz CT molecular complexity index is 429. The highest BCUT2D eigenvalue weighted by Crippen LogP contribution is 2.21. The van der Waals surface area contributed by atoms with E-state index < -0.39 is 0 Å². The maximum absolute atomic E-state index is 9.58. The Labute approximate surface area is 115 Å². The molecule has 19 heavy (non-hydrogen) atoms. The lowest BCUT2D eigenvalue weighted by atomic mass is 10.0. The van der Waals surface area contributed by atoms with Gasteiger partial charge >= 0.3 is 0 Å². The number of benzene rings is 1.